The molecule has 0 fully saturated rings. The first kappa shape index (κ1) is 36.4. The van der Waals surface area contributed by atoms with Crippen LogP contribution in [0.2, 0.25) is 0 Å². The number of ether oxygens (including phenoxy) is 3. The molecule has 0 unspecified atom stereocenters. The van der Waals surface area contributed by atoms with E-state index in [0.717, 1.165) is 11.5 Å². The van der Waals surface area contributed by atoms with Crippen LogP contribution < -0.4 is 5.32 Å². The summed E-state index contributed by atoms with van der Waals surface area (Å²) < 4.78 is 16.6. The molecule has 1 N–H and O–H groups in total. The lowest BCUT2D eigenvalue weighted by molar-refractivity contribution is -0.126. The number of hydrogen-bond acceptors (Lipinski definition) is 5. The molecule has 6 heteroatoms. The molecule has 0 spiro atoms. The molecular formula is C32H53NO4S. The smallest absolute Gasteiger partial charge is 0.221 e. The maximum absolute atomic E-state index is 12.7. The normalized spacial score (nSPS) is 11.0. The van der Waals surface area contributed by atoms with Crippen molar-refractivity contribution in [3.63, 3.8) is 0 Å². The average Bonchev–Trinajstić information content (AvgIpc) is 2.91. The predicted octanol–water partition coefficient (Wildman–Crippen LogP) is 6.40. The van der Waals surface area contributed by atoms with Gasteiger partial charge >= 0.3 is 0 Å². The molecule has 0 heterocycles. The van der Waals surface area contributed by atoms with Crippen LogP contribution in [0.4, 0.5) is 0 Å². The maximum atomic E-state index is 12.7. The van der Waals surface area contributed by atoms with Gasteiger partial charge in [0.2, 0.25) is 5.91 Å². The molecule has 0 radical (unpaired) electrons. The fraction of sp³-hybridized carbons (Fsp3) is 0.781. The lowest BCUT2D eigenvalue weighted by Crippen LogP contribution is -2.58. The van der Waals surface area contributed by atoms with Gasteiger partial charge in [0.1, 0.15) is 25.4 Å². The first-order chi connectivity index (χ1) is 18.6. The highest BCUT2D eigenvalue weighted by atomic mass is 32.2. The molecule has 1 amide bonds. The van der Waals surface area contributed by atoms with Crippen molar-refractivity contribution in [2.45, 2.75) is 109 Å². The number of nitrogens with one attached hydrogen (secondary N) is 1. The molecule has 0 rings (SSSR count). The van der Waals surface area contributed by atoms with Gasteiger partial charge in [0.05, 0.1) is 19.8 Å². The Balaban J connectivity index is 4.01. The van der Waals surface area contributed by atoms with Crippen molar-refractivity contribution in [1.29, 1.82) is 0 Å². The highest BCUT2D eigenvalue weighted by molar-refractivity contribution is 7.99. The number of amides is 1. The molecule has 0 aromatic rings. The Labute approximate surface area is 238 Å². The summed E-state index contributed by atoms with van der Waals surface area (Å²) >= 11 is 1.82. The predicted molar refractivity (Wildman–Crippen MR) is 162 cm³/mol. The standard InChI is InChI=1S/C32H53NO4S/c1-5-9-10-11-12-13-14-15-16-17-18-19-20-21-26-38-27-22-31(34)33-32(28-35-23-6-2,29-36-24-7-3)30-37-25-8-4/h2-4H,5,9-30H2,1H3,(H,33,34). The second-order valence-electron chi connectivity index (χ2n) is 9.88. The Morgan fingerprint density at radius 1 is 0.658 bits per heavy atom. The monoisotopic (exact) mass is 547 g/mol. The van der Waals surface area contributed by atoms with Crippen LogP contribution in [0.15, 0.2) is 0 Å². The van der Waals surface area contributed by atoms with Crippen molar-refractivity contribution in [2.75, 3.05) is 51.1 Å². The molecule has 216 valence electrons. The van der Waals surface area contributed by atoms with Crippen LogP contribution >= 0.6 is 11.8 Å². The molecule has 0 bridgehead atoms. The van der Waals surface area contributed by atoms with Gasteiger partial charge in [-0.1, -0.05) is 108 Å². The van der Waals surface area contributed by atoms with E-state index in [0.29, 0.717) is 6.42 Å². The Kier molecular flexibility index (Phi) is 27.2. The van der Waals surface area contributed by atoms with Crippen LogP contribution in [-0.2, 0) is 19.0 Å². The molecule has 5 nitrogen and oxygen atoms in total. The summed E-state index contributed by atoms with van der Waals surface area (Å²) in [5.41, 5.74) is -0.902. The highest BCUT2D eigenvalue weighted by Crippen LogP contribution is 2.15. The molecule has 0 saturated heterocycles. The third-order valence-corrected chi connectivity index (χ3v) is 7.28. The maximum Gasteiger partial charge on any atom is 0.221 e. The van der Waals surface area contributed by atoms with E-state index in [1.54, 1.807) is 0 Å². The van der Waals surface area contributed by atoms with Crippen molar-refractivity contribution in [1.82, 2.24) is 5.32 Å². The number of thioether (sulfide) groups is 1. The molecule has 0 atom stereocenters. The molecule has 0 aliphatic heterocycles. The van der Waals surface area contributed by atoms with Crippen LogP contribution in [0.25, 0.3) is 0 Å². The number of carbonyl (C=O) groups excluding carboxylic acids is 1. The molecular weight excluding hydrogens is 494 g/mol. The third-order valence-electron chi connectivity index (χ3n) is 6.21. The second kappa shape index (κ2) is 28.4. The minimum atomic E-state index is -0.902. The van der Waals surface area contributed by atoms with E-state index in [4.69, 9.17) is 33.5 Å². The number of hydrogen-bond donors (Lipinski definition) is 1. The van der Waals surface area contributed by atoms with E-state index in [2.05, 4.69) is 30.0 Å². The number of terminal acetylenes is 3. The van der Waals surface area contributed by atoms with Gasteiger partial charge < -0.3 is 19.5 Å². The Hall–Kier alpha value is -1.62. The number of carbonyl (C=O) groups is 1. The van der Waals surface area contributed by atoms with E-state index < -0.39 is 5.54 Å². The van der Waals surface area contributed by atoms with Gasteiger partial charge in [-0.2, -0.15) is 11.8 Å². The zero-order valence-electron chi connectivity index (χ0n) is 24.0. The Morgan fingerprint density at radius 2 is 1.05 bits per heavy atom. The summed E-state index contributed by atoms with van der Waals surface area (Å²) in [6.07, 6.45) is 35.4. The van der Waals surface area contributed by atoms with Crippen LogP contribution in [0.3, 0.4) is 0 Å². The zero-order chi connectivity index (χ0) is 28.0. The van der Waals surface area contributed by atoms with E-state index in [1.165, 1.54) is 89.9 Å². The van der Waals surface area contributed by atoms with Gasteiger partial charge in [0, 0.05) is 12.2 Å². The SMILES string of the molecule is C#CCOCC(COCC#C)(COCC#C)NC(=O)CCSCCCCCCCCCCCCCCCC. The summed E-state index contributed by atoms with van der Waals surface area (Å²) in [6, 6.07) is 0. The second-order valence-corrected chi connectivity index (χ2v) is 11.1. The molecule has 0 aliphatic carbocycles. The molecule has 0 aromatic heterocycles. The third kappa shape index (κ3) is 23.5. The minimum absolute atomic E-state index is 0.0867. The van der Waals surface area contributed by atoms with E-state index >= 15 is 0 Å². The average molecular weight is 548 g/mol. The highest BCUT2D eigenvalue weighted by Gasteiger charge is 2.33. The molecule has 0 aliphatic rings. The van der Waals surface area contributed by atoms with E-state index in [-0.39, 0.29) is 45.5 Å². The lowest BCUT2D eigenvalue weighted by atomic mass is 10.0. The lowest BCUT2D eigenvalue weighted by Gasteiger charge is -2.33. The number of rotatable bonds is 28. The molecule has 0 aromatic carbocycles. The van der Waals surface area contributed by atoms with Crippen LogP contribution in [-0.4, -0.2) is 62.6 Å². The van der Waals surface area contributed by atoms with Gasteiger partial charge in [0.15, 0.2) is 0 Å². The zero-order valence-corrected chi connectivity index (χ0v) is 24.9. The largest absolute Gasteiger partial charge is 0.366 e. The van der Waals surface area contributed by atoms with Gasteiger partial charge in [-0.3, -0.25) is 4.79 Å². The summed E-state index contributed by atoms with van der Waals surface area (Å²) in [5, 5.41) is 3.03. The van der Waals surface area contributed by atoms with Crippen molar-refractivity contribution in [3.8, 4) is 37.0 Å². The van der Waals surface area contributed by atoms with E-state index in [9.17, 15) is 4.79 Å². The van der Waals surface area contributed by atoms with Crippen molar-refractivity contribution >= 4 is 17.7 Å². The van der Waals surface area contributed by atoms with Crippen molar-refractivity contribution < 1.29 is 19.0 Å². The molecule has 38 heavy (non-hydrogen) atoms. The minimum Gasteiger partial charge on any atom is -0.366 e. The first-order valence-corrected chi connectivity index (χ1v) is 15.7. The van der Waals surface area contributed by atoms with Gasteiger partial charge in [0.25, 0.3) is 0 Å². The van der Waals surface area contributed by atoms with Crippen LogP contribution in [0.5, 0.6) is 0 Å². The summed E-state index contributed by atoms with van der Waals surface area (Å²) in [7, 11) is 0. The quantitative estimate of drug-likeness (QED) is 0.0908. The number of unbranched alkanes of at least 4 members (excludes halogenated alkanes) is 13. The Morgan fingerprint density at radius 3 is 1.45 bits per heavy atom. The summed E-state index contributed by atoms with van der Waals surface area (Å²) in [4.78, 5) is 12.7. The first-order valence-electron chi connectivity index (χ1n) is 14.6. The fourth-order valence-electron chi connectivity index (χ4n) is 4.17. The van der Waals surface area contributed by atoms with Gasteiger partial charge in [-0.05, 0) is 12.2 Å². The van der Waals surface area contributed by atoms with E-state index in [1.807, 2.05) is 11.8 Å². The Bertz CT molecular complexity index is 626. The van der Waals surface area contributed by atoms with Crippen molar-refractivity contribution in [2.24, 2.45) is 0 Å². The van der Waals surface area contributed by atoms with Crippen LogP contribution in [0.1, 0.15) is 103 Å². The summed E-state index contributed by atoms with van der Waals surface area (Å²) in [5.74, 6) is 9.05. The van der Waals surface area contributed by atoms with Crippen molar-refractivity contribution in [3.05, 3.63) is 0 Å². The summed E-state index contributed by atoms with van der Waals surface area (Å²) in [6.45, 7) is 3.07. The van der Waals surface area contributed by atoms with Gasteiger partial charge in [-0.25, -0.2) is 0 Å². The van der Waals surface area contributed by atoms with Crippen LogP contribution in [0, 0.1) is 37.0 Å². The van der Waals surface area contributed by atoms with Gasteiger partial charge in [-0.15, -0.1) is 19.3 Å². The molecule has 0 saturated carbocycles. The topological polar surface area (TPSA) is 56.8 Å². The fourth-order valence-corrected chi connectivity index (χ4v) is 5.12.